The Balaban J connectivity index is 1.55. The standard InChI is InChI=1S/C21H26N2O2S/c1-2-4-18-16-11-17(19-5-3-6-21(25)23(18)19)13-22(12-16)20(24)8-7-15-9-10-26-14-15/h3,5-6,9-10,14,16-18H,2,4,7-8,11-13H2,1H3/t16-,17+,18-/m0/s1. The van der Waals surface area contributed by atoms with Gasteiger partial charge < -0.3 is 9.47 Å². The first-order valence-electron chi connectivity index (χ1n) is 9.67. The summed E-state index contributed by atoms with van der Waals surface area (Å²) >= 11 is 1.68. The Hall–Kier alpha value is -1.88. The zero-order valence-corrected chi connectivity index (χ0v) is 16.1. The second-order valence-corrected chi connectivity index (χ2v) is 8.42. The van der Waals surface area contributed by atoms with Gasteiger partial charge in [-0.1, -0.05) is 19.4 Å². The van der Waals surface area contributed by atoms with E-state index < -0.39 is 0 Å². The van der Waals surface area contributed by atoms with Crippen LogP contribution < -0.4 is 5.56 Å². The van der Waals surface area contributed by atoms with E-state index in [9.17, 15) is 9.59 Å². The van der Waals surface area contributed by atoms with Crippen molar-refractivity contribution in [1.82, 2.24) is 9.47 Å². The van der Waals surface area contributed by atoms with Crippen molar-refractivity contribution in [2.24, 2.45) is 5.92 Å². The lowest BCUT2D eigenvalue weighted by atomic mass is 9.77. The van der Waals surface area contributed by atoms with Crippen molar-refractivity contribution < 1.29 is 4.79 Å². The van der Waals surface area contributed by atoms with Crippen LogP contribution in [0.1, 0.15) is 55.8 Å². The first kappa shape index (κ1) is 17.5. The van der Waals surface area contributed by atoms with Gasteiger partial charge in [0.05, 0.1) is 0 Å². The van der Waals surface area contributed by atoms with Crippen LogP contribution in [0.3, 0.4) is 0 Å². The van der Waals surface area contributed by atoms with Crippen molar-refractivity contribution in [2.45, 2.75) is 51.0 Å². The molecule has 0 unspecified atom stereocenters. The summed E-state index contributed by atoms with van der Waals surface area (Å²) in [5.41, 5.74) is 2.50. The van der Waals surface area contributed by atoms with Gasteiger partial charge in [0.2, 0.25) is 5.91 Å². The summed E-state index contributed by atoms with van der Waals surface area (Å²) < 4.78 is 2.04. The average molecular weight is 371 g/mol. The fourth-order valence-electron chi connectivity index (χ4n) is 4.76. The van der Waals surface area contributed by atoms with Crippen molar-refractivity contribution in [1.29, 1.82) is 0 Å². The number of thiophene rings is 1. The molecule has 2 aromatic heterocycles. The van der Waals surface area contributed by atoms with Gasteiger partial charge in [-0.2, -0.15) is 11.3 Å². The number of piperidine rings is 1. The van der Waals surface area contributed by atoms with Crippen LogP contribution in [0.15, 0.2) is 39.8 Å². The van der Waals surface area contributed by atoms with Crippen LogP contribution in [-0.4, -0.2) is 28.5 Å². The Kier molecular flexibility index (Phi) is 4.98. The number of nitrogens with zero attached hydrogens (tertiary/aromatic N) is 2. The zero-order valence-electron chi connectivity index (χ0n) is 15.3. The largest absolute Gasteiger partial charge is 0.342 e. The normalized spacial score (nSPS) is 24.3. The number of rotatable bonds is 5. The van der Waals surface area contributed by atoms with Gasteiger partial charge in [0.15, 0.2) is 0 Å². The molecular formula is C21H26N2O2S. The van der Waals surface area contributed by atoms with Crippen LogP contribution in [0, 0.1) is 5.92 Å². The molecule has 2 bridgehead atoms. The van der Waals surface area contributed by atoms with Gasteiger partial charge in [0, 0.05) is 43.2 Å². The SMILES string of the molecule is CCC[C@H]1[C@H]2C[C@H](CN(C(=O)CCc3ccsc3)C2)c2cccc(=O)n21. The van der Waals surface area contributed by atoms with Crippen LogP contribution in [0.4, 0.5) is 0 Å². The van der Waals surface area contributed by atoms with Gasteiger partial charge in [-0.3, -0.25) is 9.59 Å². The third-order valence-corrected chi connectivity index (χ3v) is 6.68. The maximum Gasteiger partial charge on any atom is 0.250 e. The molecule has 5 heteroatoms. The minimum atomic E-state index is 0.118. The molecule has 0 spiro atoms. The molecule has 4 rings (SSSR count). The molecule has 0 saturated carbocycles. The molecule has 2 aliphatic rings. The van der Waals surface area contributed by atoms with Crippen molar-refractivity contribution in [3.8, 4) is 0 Å². The minimum Gasteiger partial charge on any atom is -0.342 e. The van der Waals surface area contributed by atoms with E-state index in [0.29, 0.717) is 18.3 Å². The molecule has 0 N–H and O–H groups in total. The number of aryl methyl sites for hydroxylation is 1. The molecule has 1 amide bonds. The van der Waals surface area contributed by atoms with Crippen molar-refractivity contribution >= 4 is 17.2 Å². The van der Waals surface area contributed by atoms with Gasteiger partial charge in [0.25, 0.3) is 5.56 Å². The molecule has 3 atom stereocenters. The first-order chi connectivity index (χ1) is 12.7. The molecule has 1 fully saturated rings. The molecule has 4 nitrogen and oxygen atoms in total. The summed E-state index contributed by atoms with van der Waals surface area (Å²) in [5.74, 6) is 0.945. The fourth-order valence-corrected chi connectivity index (χ4v) is 5.46. The molecule has 0 aliphatic carbocycles. The minimum absolute atomic E-state index is 0.118. The first-order valence-corrected chi connectivity index (χ1v) is 10.6. The van der Waals surface area contributed by atoms with E-state index in [4.69, 9.17) is 0 Å². The Labute approximate surface area is 158 Å². The number of carbonyl (C=O) groups is 1. The van der Waals surface area contributed by atoms with E-state index in [1.54, 1.807) is 17.4 Å². The molecule has 138 valence electrons. The second kappa shape index (κ2) is 7.39. The highest BCUT2D eigenvalue weighted by Gasteiger charge is 2.41. The van der Waals surface area contributed by atoms with Gasteiger partial charge in [-0.25, -0.2) is 0 Å². The number of hydrogen-bond acceptors (Lipinski definition) is 3. The van der Waals surface area contributed by atoms with Crippen molar-refractivity contribution in [3.63, 3.8) is 0 Å². The number of aromatic nitrogens is 1. The summed E-state index contributed by atoms with van der Waals surface area (Å²) in [6, 6.07) is 7.96. The summed E-state index contributed by atoms with van der Waals surface area (Å²) in [6.07, 6.45) is 4.56. The summed E-state index contributed by atoms with van der Waals surface area (Å²) in [5, 5.41) is 4.19. The van der Waals surface area contributed by atoms with Gasteiger partial charge in [0.1, 0.15) is 0 Å². The second-order valence-electron chi connectivity index (χ2n) is 7.64. The topological polar surface area (TPSA) is 42.3 Å². The van der Waals surface area contributed by atoms with Crippen molar-refractivity contribution in [3.05, 3.63) is 56.6 Å². The Morgan fingerprint density at radius 3 is 2.92 bits per heavy atom. The molecule has 4 heterocycles. The van der Waals surface area contributed by atoms with Crippen LogP contribution in [-0.2, 0) is 11.2 Å². The Morgan fingerprint density at radius 2 is 2.15 bits per heavy atom. The van der Waals surface area contributed by atoms with Gasteiger partial charge in [-0.05, 0) is 53.6 Å². The van der Waals surface area contributed by atoms with E-state index in [2.05, 4.69) is 34.7 Å². The Morgan fingerprint density at radius 1 is 1.27 bits per heavy atom. The number of hydrogen-bond donors (Lipinski definition) is 0. The van der Waals surface area contributed by atoms with Crippen LogP contribution >= 0.6 is 11.3 Å². The van der Waals surface area contributed by atoms with Gasteiger partial charge in [-0.15, -0.1) is 0 Å². The van der Waals surface area contributed by atoms with E-state index in [-0.39, 0.29) is 17.5 Å². The number of fused-ring (bicyclic) bond motifs is 4. The maximum atomic E-state index is 12.8. The highest BCUT2D eigenvalue weighted by molar-refractivity contribution is 7.07. The highest BCUT2D eigenvalue weighted by atomic mass is 32.1. The average Bonchev–Trinajstić information content (AvgIpc) is 3.17. The van der Waals surface area contributed by atoms with E-state index in [1.807, 2.05) is 10.6 Å². The fraction of sp³-hybridized carbons (Fsp3) is 0.524. The summed E-state index contributed by atoms with van der Waals surface area (Å²) in [4.78, 5) is 27.4. The lowest BCUT2D eigenvalue weighted by molar-refractivity contribution is -0.134. The Bertz CT molecular complexity index is 827. The summed E-state index contributed by atoms with van der Waals surface area (Å²) in [6.45, 7) is 3.72. The number of likely N-dealkylation sites (tertiary alicyclic amines) is 1. The quantitative estimate of drug-likeness (QED) is 0.803. The lowest BCUT2D eigenvalue weighted by Gasteiger charge is -2.47. The van der Waals surface area contributed by atoms with E-state index in [0.717, 1.165) is 44.5 Å². The monoisotopic (exact) mass is 370 g/mol. The van der Waals surface area contributed by atoms with Crippen LogP contribution in [0.2, 0.25) is 0 Å². The highest BCUT2D eigenvalue weighted by Crippen LogP contribution is 2.42. The third kappa shape index (κ3) is 3.25. The lowest BCUT2D eigenvalue weighted by Crippen LogP contribution is -2.51. The molecule has 1 saturated heterocycles. The molecule has 2 aromatic rings. The molecule has 0 aromatic carbocycles. The number of carbonyl (C=O) groups excluding carboxylic acids is 1. The smallest absolute Gasteiger partial charge is 0.250 e. The summed E-state index contributed by atoms with van der Waals surface area (Å²) in [7, 11) is 0. The zero-order chi connectivity index (χ0) is 18.1. The predicted molar refractivity (Wildman–Crippen MR) is 105 cm³/mol. The number of amides is 1. The molecular weight excluding hydrogens is 344 g/mol. The van der Waals surface area contributed by atoms with Crippen molar-refractivity contribution in [2.75, 3.05) is 13.1 Å². The molecule has 26 heavy (non-hydrogen) atoms. The molecule has 0 radical (unpaired) electrons. The third-order valence-electron chi connectivity index (χ3n) is 5.94. The van der Waals surface area contributed by atoms with Gasteiger partial charge >= 0.3 is 0 Å². The predicted octanol–water partition coefficient (Wildman–Crippen LogP) is 3.83. The number of pyridine rings is 1. The maximum absolute atomic E-state index is 12.8. The van der Waals surface area contributed by atoms with Crippen LogP contribution in [0.5, 0.6) is 0 Å². The van der Waals surface area contributed by atoms with E-state index >= 15 is 0 Å². The molecule has 2 aliphatic heterocycles. The van der Waals surface area contributed by atoms with Crippen LogP contribution in [0.25, 0.3) is 0 Å². The van der Waals surface area contributed by atoms with E-state index in [1.165, 1.54) is 5.56 Å².